The fraction of sp³-hybridized carbons (Fsp3) is 0.235. The largest absolute Gasteiger partial charge is 0.357 e. The molecule has 21 heavy (non-hydrogen) atoms. The fourth-order valence-electron chi connectivity index (χ4n) is 3.52. The predicted molar refractivity (Wildman–Crippen MR) is 84.5 cm³/mol. The van der Waals surface area contributed by atoms with Gasteiger partial charge in [0.1, 0.15) is 5.66 Å². The van der Waals surface area contributed by atoms with E-state index in [0.717, 1.165) is 23.4 Å². The van der Waals surface area contributed by atoms with Gasteiger partial charge < -0.3 is 5.32 Å². The van der Waals surface area contributed by atoms with Gasteiger partial charge in [0.15, 0.2) is 0 Å². The maximum Gasteiger partial charge on any atom is 0.232 e. The molecule has 4 heteroatoms. The van der Waals surface area contributed by atoms with Crippen LogP contribution < -0.4 is 10.2 Å². The van der Waals surface area contributed by atoms with Gasteiger partial charge in [-0.3, -0.25) is 9.69 Å². The van der Waals surface area contributed by atoms with E-state index in [2.05, 4.69) is 17.4 Å². The second-order valence-corrected chi connectivity index (χ2v) is 6.23. The Morgan fingerprint density at radius 1 is 1.24 bits per heavy atom. The number of fused-ring (bicyclic) bond motifs is 3. The first-order chi connectivity index (χ1) is 10.1. The van der Waals surface area contributed by atoms with Crippen molar-refractivity contribution in [3.8, 4) is 0 Å². The zero-order valence-corrected chi connectivity index (χ0v) is 12.4. The number of nitrogens with one attached hydrogen (secondary N) is 1. The minimum atomic E-state index is -0.481. The minimum absolute atomic E-state index is 0.00142. The van der Waals surface area contributed by atoms with Gasteiger partial charge in [0.25, 0.3) is 0 Å². The molecular formula is C17H15ClN2O. The topological polar surface area (TPSA) is 32.3 Å². The zero-order chi connectivity index (χ0) is 14.6. The summed E-state index contributed by atoms with van der Waals surface area (Å²) >= 11 is 6.09. The Morgan fingerprint density at radius 2 is 2.00 bits per heavy atom. The molecule has 1 amide bonds. The molecule has 4 rings (SSSR count). The lowest BCUT2D eigenvalue weighted by molar-refractivity contribution is -0.120. The van der Waals surface area contributed by atoms with E-state index < -0.39 is 5.66 Å². The van der Waals surface area contributed by atoms with Crippen LogP contribution in [0.5, 0.6) is 0 Å². The molecule has 2 heterocycles. The van der Waals surface area contributed by atoms with Crippen molar-refractivity contribution in [1.29, 1.82) is 0 Å². The summed E-state index contributed by atoms with van der Waals surface area (Å²) in [5.41, 5.74) is 2.46. The maximum absolute atomic E-state index is 12.7. The number of hydrogen-bond donors (Lipinski definition) is 1. The summed E-state index contributed by atoms with van der Waals surface area (Å²) in [6.45, 7) is 1.99. The summed E-state index contributed by atoms with van der Waals surface area (Å²) < 4.78 is 0. The Labute approximate surface area is 128 Å². The molecule has 0 bridgehead atoms. The molecule has 2 atom stereocenters. The predicted octanol–water partition coefficient (Wildman–Crippen LogP) is 3.99. The van der Waals surface area contributed by atoms with Gasteiger partial charge in [0.05, 0.1) is 11.4 Å². The normalized spacial score (nSPS) is 26.5. The lowest BCUT2D eigenvalue weighted by Gasteiger charge is -2.32. The third-order valence-electron chi connectivity index (χ3n) is 4.42. The van der Waals surface area contributed by atoms with Crippen molar-refractivity contribution in [3.63, 3.8) is 0 Å². The highest BCUT2D eigenvalue weighted by Crippen LogP contribution is 2.53. The van der Waals surface area contributed by atoms with Crippen LogP contribution >= 0.6 is 11.6 Å². The first kappa shape index (κ1) is 12.7. The SMILES string of the molecule is C[C@@H]1C[C@@]2(c3ccccc3)Nc3cc(Cl)ccc3N2C1=O. The number of hydrogen-bond acceptors (Lipinski definition) is 2. The molecule has 0 spiro atoms. The van der Waals surface area contributed by atoms with Gasteiger partial charge in [-0.15, -0.1) is 0 Å². The van der Waals surface area contributed by atoms with Gasteiger partial charge in [0, 0.05) is 17.4 Å². The summed E-state index contributed by atoms with van der Waals surface area (Å²) in [4.78, 5) is 14.6. The van der Waals surface area contributed by atoms with E-state index in [1.54, 1.807) is 0 Å². The van der Waals surface area contributed by atoms with Gasteiger partial charge >= 0.3 is 0 Å². The number of amides is 1. The van der Waals surface area contributed by atoms with Crippen LogP contribution in [-0.2, 0) is 10.5 Å². The van der Waals surface area contributed by atoms with E-state index in [9.17, 15) is 4.79 Å². The highest BCUT2D eigenvalue weighted by atomic mass is 35.5. The molecule has 3 nitrogen and oxygen atoms in total. The third-order valence-corrected chi connectivity index (χ3v) is 4.65. The number of carbonyl (C=O) groups excluding carboxylic acids is 1. The molecule has 0 aromatic heterocycles. The quantitative estimate of drug-likeness (QED) is 0.863. The third kappa shape index (κ3) is 1.64. The summed E-state index contributed by atoms with van der Waals surface area (Å²) in [5, 5.41) is 4.22. The van der Waals surface area contributed by atoms with Crippen molar-refractivity contribution in [2.45, 2.75) is 19.0 Å². The molecule has 2 aromatic carbocycles. The summed E-state index contributed by atoms with van der Waals surface area (Å²) in [5.74, 6) is 0.161. The van der Waals surface area contributed by atoms with Crippen molar-refractivity contribution >= 4 is 28.9 Å². The second-order valence-electron chi connectivity index (χ2n) is 5.79. The molecule has 0 radical (unpaired) electrons. The molecule has 2 aliphatic heterocycles. The van der Waals surface area contributed by atoms with E-state index in [1.807, 2.05) is 48.2 Å². The monoisotopic (exact) mass is 298 g/mol. The summed E-state index contributed by atoms with van der Waals surface area (Å²) in [6, 6.07) is 15.8. The molecule has 0 saturated carbocycles. The lowest BCUT2D eigenvalue weighted by atomic mass is 9.94. The standard InChI is InChI=1S/C17H15ClN2O/c1-11-10-17(12-5-3-2-4-6-12)19-14-9-13(18)7-8-15(14)20(17)16(11)21/h2-9,11,19H,10H2,1H3/t11-,17-/m1/s1. The van der Waals surface area contributed by atoms with Crippen LogP contribution in [0, 0.1) is 5.92 Å². The highest BCUT2D eigenvalue weighted by molar-refractivity contribution is 6.31. The van der Waals surface area contributed by atoms with Crippen LogP contribution in [0.25, 0.3) is 0 Å². The number of anilines is 2. The molecule has 0 unspecified atom stereocenters. The van der Waals surface area contributed by atoms with E-state index in [4.69, 9.17) is 11.6 Å². The Morgan fingerprint density at radius 3 is 2.76 bits per heavy atom. The van der Waals surface area contributed by atoms with E-state index in [0.29, 0.717) is 5.02 Å². The number of carbonyl (C=O) groups is 1. The molecule has 2 aliphatic rings. The van der Waals surface area contributed by atoms with Gasteiger partial charge in [0.2, 0.25) is 5.91 Å². The van der Waals surface area contributed by atoms with Gasteiger partial charge in [-0.2, -0.15) is 0 Å². The first-order valence-corrected chi connectivity index (χ1v) is 7.47. The van der Waals surface area contributed by atoms with Crippen molar-refractivity contribution < 1.29 is 4.79 Å². The Kier molecular flexibility index (Phi) is 2.57. The van der Waals surface area contributed by atoms with E-state index >= 15 is 0 Å². The molecule has 106 valence electrons. The Hall–Kier alpha value is -2.00. The van der Waals surface area contributed by atoms with Crippen molar-refractivity contribution in [2.75, 3.05) is 10.2 Å². The highest BCUT2D eigenvalue weighted by Gasteiger charge is 2.55. The number of halogens is 1. The average molecular weight is 299 g/mol. The summed E-state index contributed by atoms with van der Waals surface area (Å²) in [6.07, 6.45) is 0.752. The molecule has 1 saturated heterocycles. The van der Waals surface area contributed by atoms with Crippen LogP contribution in [0.1, 0.15) is 18.9 Å². The van der Waals surface area contributed by atoms with Crippen LogP contribution in [0.15, 0.2) is 48.5 Å². The molecule has 0 aliphatic carbocycles. The summed E-state index contributed by atoms with van der Waals surface area (Å²) in [7, 11) is 0. The van der Waals surface area contributed by atoms with Crippen LogP contribution in [-0.4, -0.2) is 5.91 Å². The Bertz CT molecular complexity index is 731. The van der Waals surface area contributed by atoms with E-state index in [-0.39, 0.29) is 11.8 Å². The average Bonchev–Trinajstić information content (AvgIpc) is 2.93. The van der Waals surface area contributed by atoms with Gasteiger partial charge in [-0.05, 0) is 23.8 Å². The van der Waals surface area contributed by atoms with E-state index in [1.165, 1.54) is 0 Å². The van der Waals surface area contributed by atoms with Crippen molar-refractivity contribution in [3.05, 3.63) is 59.1 Å². The zero-order valence-electron chi connectivity index (χ0n) is 11.6. The molecule has 2 aromatic rings. The van der Waals surface area contributed by atoms with Crippen LogP contribution in [0.2, 0.25) is 5.02 Å². The number of nitrogens with zero attached hydrogens (tertiary/aromatic N) is 1. The van der Waals surface area contributed by atoms with Crippen molar-refractivity contribution in [2.24, 2.45) is 5.92 Å². The Balaban J connectivity index is 1.93. The fourth-order valence-corrected chi connectivity index (χ4v) is 3.69. The van der Waals surface area contributed by atoms with Crippen LogP contribution in [0.3, 0.4) is 0 Å². The van der Waals surface area contributed by atoms with Gasteiger partial charge in [-0.25, -0.2) is 0 Å². The lowest BCUT2D eigenvalue weighted by Crippen LogP contribution is -2.44. The van der Waals surface area contributed by atoms with Gasteiger partial charge in [-0.1, -0.05) is 48.9 Å². The number of rotatable bonds is 1. The van der Waals surface area contributed by atoms with Crippen molar-refractivity contribution in [1.82, 2.24) is 0 Å². The minimum Gasteiger partial charge on any atom is -0.357 e. The molecule has 1 N–H and O–H groups in total. The smallest absolute Gasteiger partial charge is 0.232 e. The maximum atomic E-state index is 12.7. The first-order valence-electron chi connectivity index (χ1n) is 7.09. The molecule has 1 fully saturated rings. The van der Waals surface area contributed by atoms with Crippen LogP contribution in [0.4, 0.5) is 11.4 Å². The number of benzene rings is 2. The second kappa shape index (κ2) is 4.25. The molecular weight excluding hydrogens is 284 g/mol.